The minimum atomic E-state index is -1.92. The molecule has 0 fully saturated rings. The number of benzene rings is 1. The van der Waals surface area contributed by atoms with Crippen LogP contribution in [-0.2, 0) is 35.9 Å². The van der Waals surface area contributed by atoms with Crippen LogP contribution in [0.4, 0.5) is 9.59 Å². The third kappa shape index (κ3) is 5.06. The molecule has 12 nitrogen and oxygen atoms in total. The lowest BCUT2D eigenvalue weighted by Gasteiger charge is -2.35. The van der Waals surface area contributed by atoms with Gasteiger partial charge in [0.15, 0.2) is 6.23 Å². The molecule has 222 valence electrons. The fraction of sp³-hybridized carbons (Fsp3) is 0.433. The van der Waals surface area contributed by atoms with E-state index in [-0.39, 0.29) is 60.6 Å². The molecule has 1 unspecified atom stereocenters. The van der Waals surface area contributed by atoms with Crippen LogP contribution in [0.15, 0.2) is 35.1 Å². The van der Waals surface area contributed by atoms with E-state index < -0.39 is 35.7 Å². The van der Waals surface area contributed by atoms with E-state index in [0.29, 0.717) is 22.2 Å². The summed E-state index contributed by atoms with van der Waals surface area (Å²) in [4.78, 5) is 56.1. The van der Waals surface area contributed by atoms with Crippen LogP contribution in [0.3, 0.4) is 0 Å². The highest BCUT2D eigenvalue weighted by Gasteiger charge is 2.51. The highest BCUT2D eigenvalue weighted by molar-refractivity contribution is 5.88. The van der Waals surface area contributed by atoms with Crippen LogP contribution in [-0.4, -0.2) is 46.2 Å². The van der Waals surface area contributed by atoms with Crippen molar-refractivity contribution in [2.75, 3.05) is 13.2 Å². The summed E-state index contributed by atoms with van der Waals surface area (Å²) in [7, 11) is 0. The minimum absolute atomic E-state index is 0.0263. The van der Waals surface area contributed by atoms with E-state index in [2.05, 4.69) is 4.98 Å². The van der Waals surface area contributed by atoms with E-state index in [0.717, 1.165) is 4.57 Å². The van der Waals surface area contributed by atoms with Crippen LogP contribution < -0.4 is 10.3 Å². The largest absolute Gasteiger partial charge is 0.513 e. The Kier molecular flexibility index (Phi) is 7.67. The number of carbonyl (C=O) groups excluding carboxylic acids is 3. The molecule has 1 aromatic carbocycles. The predicted octanol–water partition coefficient (Wildman–Crippen LogP) is 4.56. The van der Waals surface area contributed by atoms with Gasteiger partial charge in [-0.15, -0.1) is 0 Å². The van der Waals surface area contributed by atoms with Gasteiger partial charge in [-0.05, 0) is 48.6 Å². The number of aromatic nitrogens is 2. The Balaban J connectivity index is 1.55. The maximum Gasteiger partial charge on any atom is 0.513 e. The average molecular weight is 581 g/mol. The number of hydrogen-bond donors (Lipinski definition) is 1. The normalized spacial score (nSPS) is 18.8. The standard InChI is InChI=1S/C30H32N2O10/c1-6-30(42-29(37)40-13-16(4)5)21-11-23-24-19(25(33)32(23)26(34)20(21)14-38-27(30)35)10-17-9-18(7-8-22(17)31-24)41-28(36)39-12-15(2)3/h7-11,15-16,25,33H,6,12-14H2,1-5H3/t25?,30-/m0/s1. The number of hydrogen-bond acceptors (Lipinski definition) is 11. The van der Waals surface area contributed by atoms with Crippen molar-refractivity contribution < 1.29 is 43.2 Å². The second-order valence-electron chi connectivity index (χ2n) is 11.1. The van der Waals surface area contributed by atoms with Crippen molar-refractivity contribution >= 4 is 29.2 Å². The summed E-state index contributed by atoms with van der Waals surface area (Å²) in [5.41, 5.74) is -0.923. The second-order valence-corrected chi connectivity index (χ2v) is 11.1. The molecule has 0 radical (unpaired) electrons. The van der Waals surface area contributed by atoms with Gasteiger partial charge in [-0.3, -0.25) is 9.36 Å². The molecule has 2 aromatic heterocycles. The maximum atomic E-state index is 13.7. The molecule has 0 bridgehead atoms. The topological polar surface area (TPSA) is 152 Å². The Hall–Kier alpha value is -4.45. The molecule has 0 aliphatic carbocycles. The first-order chi connectivity index (χ1) is 19.9. The van der Waals surface area contributed by atoms with Gasteiger partial charge in [0, 0.05) is 16.5 Å². The van der Waals surface area contributed by atoms with Crippen LogP contribution in [0.5, 0.6) is 5.75 Å². The summed E-state index contributed by atoms with van der Waals surface area (Å²) in [6.07, 6.45) is -3.32. The molecule has 0 saturated heterocycles. The van der Waals surface area contributed by atoms with Crippen molar-refractivity contribution in [1.82, 2.24) is 9.55 Å². The highest BCUT2D eigenvalue weighted by atomic mass is 16.7. The SMILES string of the molecule is CC[C@@]1(OC(=O)OCC(C)C)C(=O)OCc2c1cc1n(c2=O)C(O)c2cc3cc(OC(=O)OCC(C)C)ccc3nc2-1. The van der Waals surface area contributed by atoms with Crippen molar-refractivity contribution in [3.05, 3.63) is 57.4 Å². The Morgan fingerprint density at radius 1 is 1.07 bits per heavy atom. The third-order valence-corrected chi connectivity index (χ3v) is 7.06. The van der Waals surface area contributed by atoms with Gasteiger partial charge in [0.1, 0.15) is 12.4 Å². The van der Waals surface area contributed by atoms with Gasteiger partial charge in [0.05, 0.1) is 35.7 Å². The summed E-state index contributed by atoms with van der Waals surface area (Å²) in [6, 6.07) is 7.95. The molecule has 42 heavy (non-hydrogen) atoms. The highest BCUT2D eigenvalue weighted by Crippen LogP contribution is 2.43. The number of aliphatic hydroxyl groups is 1. The first-order valence-electron chi connectivity index (χ1n) is 13.7. The van der Waals surface area contributed by atoms with Gasteiger partial charge in [0.2, 0.25) is 5.60 Å². The van der Waals surface area contributed by atoms with Gasteiger partial charge >= 0.3 is 18.3 Å². The van der Waals surface area contributed by atoms with Gasteiger partial charge in [0.25, 0.3) is 5.56 Å². The zero-order chi connectivity index (χ0) is 30.3. The van der Waals surface area contributed by atoms with Crippen molar-refractivity contribution in [3.8, 4) is 17.1 Å². The molecule has 1 N–H and O–H groups in total. The molecule has 2 aliphatic rings. The molecule has 0 amide bonds. The molecule has 0 spiro atoms. The quantitative estimate of drug-likeness (QED) is 0.238. The maximum absolute atomic E-state index is 13.7. The van der Waals surface area contributed by atoms with Crippen LogP contribution in [0, 0.1) is 11.8 Å². The molecule has 2 atom stereocenters. The van der Waals surface area contributed by atoms with Crippen LogP contribution in [0.2, 0.25) is 0 Å². The van der Waals surface area contributed by atoms with Crippen molar-refractivity contribution in [2.45, 2.75) is 59.5 Å². The Labute approximate surface area is 241 Å². The number of pyridine rings is 2. The molecule has 12 heteroatoms. The van der Waals surface area contributed by atoms with Crippen molar-refractivity contribution in [1.29, 1.82) is 0 Å². The smallest absolute Gasteiger partial charge is 0.457 e. The zero-order valence-electron chi connectivity index (χ0n) is 24.0. The number of ether oxygens (including phenoxy) is 5. The monoisotopic (exact) mass is 580 g/mol. The molecular formula is C30H32N2O10. The van der Waals surface area contributed by atoms with Crippen LogP contribution in [0.25, 0.3) is 22.3 Å². The minimum Gasteiger partial charge on any atom is -0.457 e. The third-order valence-electron chi connectivity index (χ3n) is 7.06. The van der Waals surface area contributed by atoms with Gasteiger partial charge < -0.3 is 28.8 Å². The number of fused-ring (bicyclic) bond motifs is 5. The van der Waals surface area contributed by atoms with E-state index in [9.17, 15) is 24.3 Å². The van der Waals surface area contributed by atoms with Gasteiger partial charge in [-0.1, -0.05) is 34.6 Å². The van der Waals surface area contributed by atoms with E-state index in [1.54, 1.807) is 31.2 Å². The lowest BCUT2D eigenvalue weighted by atomic mass is 9.85. The zero-order valence-corrected chi connectivity index (χ0v) is 24.0. The first-order valence-corrected chi connectivity index (χ1v) is 13.7. The van der Waals surface area contributed by atoms with Gasteiger partial charge in [-0.25, -0.2) is 19.4 Å². The van der Waals surface area contributed by atoms with Gasteiger partial charge in [-0.2, -0.15) is 0 Å². The van der Waals surface area contributed by atoms with E-state index in [1.807, 2.05) is 27.7 Å². The van der Waals surface area contributed by atoms with Crippen LogP contribution in [0.1, 0.15) is 64.0 Å². The summed E-state index contributed by atoms with van der Waals surface area (Å²) in [5, 5.41) is 11.8. The first kappa shape index (κ1) is 29.1. The molecular weight excluding hydrogens is 548 g/mol. The molecule has 3 aromatic rings. The lowest BCUT2D eigenvalue weighted by Crippen LogP contribution is -2.47. The number of rotatable bonds is 7. The molecule has 0 saturated carbocycles. The van der Waals surface area contributed by atoms with E-state index in [4.69, 9.17) is 23.7 Å². The Bertz CT molecular complexity index is 1640. The van der Waals surface area contributed by atoms with E-state index >= 15 is 0 Å². The predicted molar refractivity (Wildman–Crippen MR) is 148 cm³/mol. The summed E-state index contributed by atoms with van der Waals surface area (Å²) >= 11 is 0. The lowest BCUT2D eigenvalue weighted by molar-refractivity contribution is -0.175. The number of carbonyl (C=O) groups is 3. The molecule has 2 aliphatic heterocycles. The second kappa shape index (κ2) is 11.1. The van der Waals surface area contributed by atoms with Crippen molar-refractivity contribution in [3.63, 3.8) is 0 Å². The summed E-state index contributed by atoms with van der Waals surface area (Å²) < 4.78 is 27.5. The molecule has 4 heterocycles. The average Bonchev–Trinajstić information content (AvgIpc) is 3.22. The number of cyclic esters (lactones) is 1. The molecule has 5 rings (SSSR count). The number of esters is 1. The summed E-state index contributed by atoms with van der Waals surface area (Å²) in [5.74, 6) is -0.419. The fourth-order valence-corrected chi connectivity index (χ4v) is 5.00. The summed E-state index contributed by atoms with van der Waals surface area (Å²) in [6.45, 7) is 9.08. The van der Waals surface area contributed by atoms with Crippen LogP contribution >= 0.6 is 0 Å². The van der Waals surface area contributed by atoms with E-state index in [1.165, 1.54) is 6.07 Å². The Morgan fingerprint density at radius 2 is 1.76 bits per heavy atom. The number of nitrogens with zero attached hydrogens (tertiary/aromatic N) is 2. The Morgan fingerprint density at radius 3 is 2.43 bits per heavy atom. The number of aliphatic hydroxyl groups excluding tert-OH is 1. The fourth-order valence-electron chi connectivity index (χ4n) is 5.00. The van der Waals surface area contributed by atoms with Crippen molar-refractivity contribution in [2.24, 2.45) is 11.8 Å².